The van der Waals surface area contributed by atoms with E-state index in [0.29, 0.717) is 38.5 Å². The normalized spacial score (nSPS) is 14.3. The fraction of sp³-hybridized carbons (Fsp3) is 0.466. The van der Waals surface area contributed by atoms with E-state index in [1.54, 1.807) is 54.7 Å². The van der Waals surface area contributed by atoms with Crippen LogP contribution in [0.1, 0.15) is 109 Å². The predicted octanol–water partition coefficient (Wildman–Crippen LogP) is -4.33. The summed E-state index contributed by atoms with van der Waals surface area (Å²) in [5, 5.41) is 72.2. The number of amides is 15. The smallest absolute Gasteiger partial charge is 0.303 e. The SMILES string of the molecule is CC(=O)N[C@@H](CS)C(=O)N[C@@H](CCC(N)=O)C(=O)N[C@H](C(=O)N[C@@H](Cc1c[nH]c2ccccc12)C(=O)N[C@@H](CCC(N)=O)C(=O)N[C@@H](CS)C(=O)N[C@@H](Cc1ccc(O)cc1)C(=O)N[C@@H](Cc1c[nH]c2ccccc12)C(=O)N[C@@H](CCC(C)C)C(=O)N[C@@H](CCC(=O)O)C(=O)N[C@@H](CCCNC(=N)N)C(=O)NCC(N)=O)[C@@H](C)O. The number of carboxylic acids is 1. The van der Waals surface area contributed by atoms with Gasteiger partial charge in [0.05, 0.1) is 12.6 Å². The second-order valence-corrected chi connectivity index (χ2v) is 28.2. The van der Waals surface area contributed by atoms with Gasteiger partial charge in [0.25, 0.3) is 0 Å². The molecule has 0 saturated heterocycles. The predicted molar refractivity (Wildman–Crippen MR) is 421 cm³/mol. The Balaban J connectivity index is 1.48. The number of aliphatic carboxylic acids is 1. The molecule has 39 nitrogen and oxygen atoms in total. The third kappa shape index (κ3) is 30.9. The number of nitrogens with one attached hydrogen (secondary N) is 16. The summed E-state index contributed by atoms with van der Waals surface area (Å²) in [5.41, 5.74) is 24.0. The van der Waals surface area contributed by atoms with Crippen molar-refractivity contribution in [2.75, 3.05) is 24.6 Å². The molecule has 0 bridgehead atoms. The van der Waals surface area contributed by atoms with E-state index >= 15 is 9.59 Å². The number of nitrogens with two attached hydrogens (primary N) is 4. The number of aliphatic hydroxyl groups excluding tert-OH is 1. The maximum atomic E-state index is 15.2. The number of rotatable bonds is 49. The van der Waals surface area contributed by atoms with Gasteiger partial charge in [-0.2, -0.15) is 25.3 Å². The largest absolute Gasteiger partial charge is 0.508 e. The van der Waals surface area contributed by atoms with E-state index in [-0.39, 0.29) is 74.9 Å². The highest BCUT2D eigenvalue weighted by Crippen LogP contribution is 2.23. The fourth-order valence-electron chi connectivity index (χ4n) is 11.8. The van der Waals surface area contributed by atoms with E-state index in [0.717, 1.165) is 13.8 Å². The van der Waals surface area contributed by atoms with Crippen LogP contribution < -0.4 is 92.1 Å². The first-order chi connectivity index (χ1) is 54.0. The second-order valence-electron chi connectivity index (χ2n) is 27.5. The molecule has 0 saturated carbocycles. The number of guanidine groups is 1. The van der Waals surface area contributed by atoms with Crippen molar-refractivity contribution in [3.05, 3.63) is 102 Å². The van der Waals surface area contributed by atoms with Gasteiger partial charge in [0.15, 0.2) is 5.96 Å². The van der Waals surface area contributed by atoms with Gasteiger partial charge in [0.1, 0.15) is 72.2 Å². The molecule has 41 heteroatoms. The molecule has 5 rings (SSSR count). The number of carbonyl (C=O) groups is 16. The molecule has 3 aromatic carbocycles. The van der Waals surface area contributed by atoms with Gasteiger partial charge in [0.2, 0.25) is 88.6 Å². The number of aromatic nitrogens is 2. The quantitative estimate of drug-likeness (QED) is 0.00758. The number of H-pyrrole nitrogens is 2. The first-order valence-corrected chi connectivity index (χ1v) is 37.7. The number of carboxylic acid groups (broad SMARTS) is 1. The minimum Gasteiger partial charge on any atom is -0.508 e. The lowest BCUT2D eigenvalue weighted by molar-refractivity contribution is -0.139. The summed E-state index contributed by atoms with van der Waals surface area (Å²) in [4.78, 5) is 225. The van der Waals surface area contributed by atoms with Crippen LogP contribution in [0.25, 0.3) is 21.8 Å². The number of benzene rings is 3. The zero-order valence-corrected chi connectivity index (χ0v) is 65.0. The molecular formula is C73H102N20O19S2. The zero-order valence-electron chi connectivity index (χ0n) is 63.2. The van der Waals surface area contributed by atoms with Crippen molar-refractivity contribution in [3.63, 3.8) is 0 Å². The maximum Gasteiger partial charge on any atom is 0.303 e. The van der Waals surface area contributed by atoms with Crippen molar-refractivity contribution >= 4 is 148 Å². The summed E-state index contributed by atoms with van der Waals surface area (Å²) >= 11 is 8.46. The second kappa shape index (κ2) is 46.1. The Labute approximate surface area is 665 Å². The van der Waals surface area contributed by atoms with E-state index in [1.807, 2.05) is 13.8 Å². The summed E-state index contributed by atoms with van der Waals surface area (Å²) in [6.07, 6.45) is -2.74. The number of aromatic hydroxyl groups is 1. The lowest BCUT2D eigenvalue weighted by Crippen LogP contribution is -2.62. The number of phenolic OH excluding ortho intramolecular Hbond substituents is 1. The Bertz CT molecular complexity index is 4250. The number of primary amides is 3. The van der Waals surface area contributed by atoms with Crippen LogP contribution in [0.2, 0.25) is 0 Å². The van der Waals surface area contributed by atoms with Crippen molar-refractivity contribution in [1.29, 1.82) is 5.41 Å². The number of aliphatic hydroxyl groups is 1. The fourth-order valence-corrected chi connectivity index (χ4v) is 12.3. The molecule has 0 aliphatic rings. The standard InChI is InChI=1S/C73H102N20O19S2/c1-36(2)15-20-48(63(103)85-51(23-26-60(100)101)64(104)84-47(14-9-27-79-73(77)78)62(102)82-33-59(76)99)86-68(108)53(29-40-31-80-45-12-7-5-10-43(40)45)90-67(107)52(28-39-16-18-42(96)19-17-39)89-71(111)56(35-114)92-65(105)49(21-24-57(74)97)87-69(109)54(30-41-32-81-46-13-8-6-11-44(41)46)91-72(112)61(37(3)94)93-66(106)50(22-25-58(75)98)88-70(110)55(34-113)83-38(4)95/h5-8,10-13,16-19,31-32,36-37,47-56,61,80-81,94,96,113-114H,9,14-15,20-30,33-35H2,1-4H3,(H2,74,97)(H2,75,98)(H2,76,99)(H,82,102)(H,83,95)(H,84,104)(H,85,103)(H,86,108)(H,87,109)(H,88,110)(H,89,111)(H,90,107)(H,91,112)(H,92,105)(H,93,106)(H,100,101)(H4,77,78,79)/t37-,47+,48+,49+,50+,51+,52+,53+,54+,55+,56+,61+/m1/s1. The van der Waals surface area contributed by atoms with E-state index < -0.39 is 218 Å². The average molecular weight is 1630 g/mol. The monoisotopic (exact) mass is 1630 g/mol. The molecule has 2 heterocycles. The lowest BCUT2D eigenvalue weighted by atomic mass is 9.99. The molecule has 114 heavy (non-hydrogen) atoms. The lowest BCUT2D eigenvalue weighted by Gasteiger charge is -2.29. The maximum absolute atomic E-state index is 15.2. The minimum absolute atomic E-state index is 0.0648. The number of hydrogen-bond donors (Lipinski definition) is 25. The van der Waals surface area contributed by atoms with Crippen LogP contribution in [-0.2, 0) is 96.0 Å². The van der Waals surface area contributed by atoms with Crippen LogP contribution in [0.4, 0.5) is 0 Å². The average Bonchev–Trinajstić information content (AvgIpc) is 1.66. The topological polar surface area (TPSA) is 650 Å². The van der Waals surface area contributed by atoms with Crippen LogP contribution in [-0.4, -0.2) is 223 Å². The molecule has 0 unspecified atom stereocenters. The highest BCUT2D eigenvalue weighted by molar-refractivity contribution is 7.80. The van der Waals surface area contributed by atoms with E-state index in [4.69, 9.17) is 28.3 Å². The van der Waals surface area contributed by atoms with Crippen molar-refractivity contribution in [2.24, 2.45) is 28.9 Å². The van der Waals surface area contributed by atoms with Crippen molar-refractivity contribution in [2.45, 2.75) is 184 Å². The Kier molecular flexibility index (Phi) is 37.4. The first-order valence-electron chi connectivity index (χ1n) is 36.5. The Hall–Kier alpha value is -12.0. The molecule has 620 valence electrons. The molecule has 0 spiro atoms. The van der Waals surface area contributed by atoms with Crippen LogP contribution in [0.15, 0.2) is 85.2 Å². The third-order valence-corrected chi connectivity index (χ3v) is 18.6. The van der Waals surface area contributed by atoms with Gasteiger partial charge >= 0.3 is 5.97 Å². The Morgan fingerprint density at radius 1 is 0.430 bits per heavy atom. The van der Waals surface area contributed by atoms with Crippen LogP contribution in [0, 0.1) is 11.3 Å². The van der Waals surface area contributed by atoms with E-state index in [2.05, 4.69) is 104 Å². The molecule has 0 fully saturated rings. The highest BCUT2D eigenvalue weighted by atomic mass is 32.1. The first kappa shape index (κ1) is 92.6. The van der Waals surface area contributed by atoms with Gasteiger partial charge in [-0.05, 0) is 98.7 Å². The highest BCUT2D eigenvalue weighted by Gasteiger charge is 2.39. The number of fused-ring (bicyclic) bond motifs is 2. The molecular weight excluding hydrogens is 1530 g/mol. The van der Waals surface area contributed by atoms with Gasteiger partial charge in [-0.1, -0.05) is 62.4 Å². The van der Waals surface area contributed by atoms with Crippen molar-refractivity contribution < 1.29 is 92.0 Å². The van der Waals surface area contributed by atoms with E-state index in [1.165, 1.54) is 30.5 Å². The number of para-hydroxylation sites is 2. The summed E-state index contributed by atoms with van der Waals surface area (Å²) in [7, 11) is 0. The van der Waals surface area contributed by atoms with Gasteiger partial charge in [-0.25, -0.2) is 0 Å². The van der Waals surface area contributed by atoms with Gasteiger partial charge in [0, 0.05) is 97.7 Å². The molecule has 5 aromatic rings. The molecule has 27 N–H and O–H groups in total. The minimum atomic E-state index is -1.92. The van der Waals surface area contributed by atoms with Crippen molar-refractivity contribution in [1.82, 2.24) is 79.1 Å². The molecule has 2 aromatic heterocycles. The molecule has 0 aliphatic heterocycles. The molecule has 0 radical (unpaired) electrons. The van der Waals surface area contributed by atoms with Crippen LogP contribution in [0.5, 0.6) is 5.75 Å². The number of thiol groups is 2. The molecule has 12 atom stereocenters. The van der Waals surface area contributed by atoms with Crippen LogP contribution in [0.3, 0.4) is 0 Å². The van der Waals surface area contributed by atoms with Gasteiger partial charge in [-0.15, -0.1) is 0 Å². The third-order valence-electron chi connectivity index (χ3n) is 17.9. The summed E-state index contributed by atoms with van der Waals surface area (Å²) in [5.74, 6) is -17.7. The van der Waals surface area contributed by atoms with Crippen molar-refractivity contribution in [3.8, 4) is 5.75 Å². The summed E-state index contributed by atoms with van der Waals surface area (Å²) in [6, 6.07) is 1.29. The molecule has 15 amide bonds. The number of phenols is 1. The van der Waals surface area contributed by atoms with E-state index in [9.17, 15) is 82.4 Å². The molecule has 0 aliphatic carbocycles. The van der Waals surface area contributed by atoms with Gasteiger partial charge in [-0.3, -0.25) is 82.1 Å². The summed E-state index contributed by atoms with van der Waals surface area (Å²) in [6.45, 7) is 5.33. The summed E-state index contributed by atoms with van der Waals surface area (Å²) < 4.78 is 0. The van der Waals surface area contributed by atoms with Gasteiger partial charge < -0.3 is 117 Å². The number of hydrogen-bond acceptors (Lipinski definition) is 21. The Morgan fingerprint density at radius 3 is 1.22 bits per heavy atom. The zero-order chi connectivity index (χ0) is 84.5. The van der Waals surface area contributed by atoms with Crippen LogP contribution >= 0.6 is 25.3 Å². The number of carbonyl (C=O) groups excluding carboxylic acids is 15. The number of aromatic amines is 2. The Morgan fingerprint density at radius 2 is 0.807 bits per heavy atom.